The molecule has 154 valence electrons. The van der Waals surface area contributed by atoms with E-state index in [0.717, 1.165) is 49.7 Å². The van der Waals surface area contributed by atoms with Crippen LogP contribution in [0.3, 0.4) is 0 Å². The second kappa shape index (κ2) is 9.43. The zero-order chi connectivity index (χ0) is 20.2. The number of aliphatic hydroxyl groups is 3. The van der Waals surface area contributed by atoms with Gasteiger partial charge in [-0.05, 0) is 72.7 Å². The Morgan fingerprint density at radius 3 is 2.44 bits per heavy atom. The topological polar surface area (TPSA) is 60.7 Å². The van der Waals surface area contributed by atoms with Crippen molar-refractivity contribution in [2.45, 2.75) is 78.7 Å². The van der Waals surface area contributed by atoms with Crippen LogP contribution in [0.1, 0.15) is 73.1 Å². The van der Waals surface area contributed by atoms with Crippen molar-refractivity contribution in [2.75, 3.05) is 6.61 Å². The molecule has 3 nitrogen and oxygen atoms in total. The monoisotopic (exact) mass is 376 g/mol. The van der Waals surface area contributed by atoms with Crippen LogP contribution < -0.4 is 0 Å². The largest absolute Gasteiger partial charge is 0.512 e. The van der Waals surface area contributed by atoms with Gasteiger partial charge in [-0.3, -0.25) is 0 Å². The van der Waals surface area contributed by atoms with E-state index in [-0.39, 0.29) is 24.4 Å². The van der Waals surface area contributed by atoms with Gasteiger partial charge in [0.2, 0.25) is 0 Å². The minimum absolute atomic E-state index is 0.000223. The summed E-state index contributed by atoms with van der Waals surface area (Å²) in [6.07, 6.45) is 12.3. The molecule has 0 saturated carbocycles. The van der Waals surface area contributed by atoms with Crippen LogP contribution in [0.5, 0.6) is 0 Å². The van der Waals surface area contributed by atoms with Crippen molar-refractivity contribution in [3.8, 4) is 0 Å². The fourth-order valence-corrected chi connectivity index (χ4v) is 4.98. The molecule has 0 bridgehead atoms. The van der Waals surface area contributed by atoms with Gasteiger partial charge in [0.05, 0.1) is 23.9 Å². The average molecular weight is 377 g/mol. The van der Waals surface area contributed by atoms with Gasteiger partial charge in [-0.2, -0.15) is 0 Å². The first-order chi connectivity index (χ1) is 12.7. The first kappa shape index (κ1) is 22.2. The number of aliphatic hydroxyl groups excluding tert-OH is 2. The normalized spacial score (nSPS) is 31.7. The molecule has 0 radical (unpaired) electrons. The molecule has 2 rings (SSSR count). The maximum Gasteiger partial charge on any atom is 0.0994 e. The average Bonchev–Trinajstić information content (AvgIpc) is 2.61. The van der Waals surface area contributed by atoms with E-state index in [0.29, 0.717) is 17.6 Å². The predicted molar refractivity (Wildman–Crippen MR) is 112 cm³/mol. The molecule has 3 N–H and O–H groups in total. The third kappa shape index (κ3) is 4.86. The fraction of sp³-hybridized carbons (Fsp3) is 0.750. The summed E-state index contributed by atoms with van der Waals surface area (Å²) in [6, 6.07) is 0. The van der Waals surface area contributed by atoms with Crippen LogP contribution in [0.2, 0.25) is 0 Å². The Balaban J connectivity index is 2.42. The smallest absolute Gasteiger partial charge is 0.0994 e. The molecule has 27 heavy (non-hydrogen) atoms. The van der Waals surface area contributed by atoms with Crippen molar-refractivity contribution in [2.24, 2.45) is 29.6 Å². The summed E-state index contributed by atoms with van der Waals surface area (Å²) in [6.45, 7) is 10.8. The summed E-state index contributed by atoms with van der Waals surface area (Å²) in [5.74, 6) is 0.859. The minimum Gasteiger partial charge on any atom is -0.512 e. The Bertz CT molecular complexity index is 584. The summed E-state index contributed by atoms with van der Waals surface area (Å²) in [5.41, 5.74) is 1.03. The summed E-state index contributed by atoms with van der Waals surface area (Å²) in [5, 5.41) is 32.5. The fourth-order valence-electron chi connectivity index (χ4n) is 4.98. The van der Waals surface area contributed by atoms with Gasteiger partial charge in [0.25, 0.3) is 0 Å². The molecule has 0 aromatic carbocycles. The van der Waals surface area contributed by atoms with Crippen molar-refractivity contribution in [3.05, 3.63) is 35.1 Å². The van der Waals surface area contributed by atoms with E-state index in [1.54, 1.807) is 0 Å². The molecule has 0 aliphatic heterocycles. The number of allylic oxidation sites excluding steroid dienone is 3. The molecule has 0 saturated heterocycles. The Morgan fingerprint density at radius 1 is 1.19 bits per heavy atom. The zero-order valence-electron chi connectivity index (χ0n) is 17.9. The van der Waals surface area contributed by atoms with Crippen molar-refractivity contribution in [1.82, 2.24) is 0 Å². The maximum absolute atomic E-state index is 11.7. The lowest BCUT2D eigenvalue weighted by atomic mass is 9.60. The summed E-state index contributed by atoms with van der Waals surface area (Å²) in [4.78, 5) is 0. The van der Waals surface area contributed by atoms with E-state index in [9.17, 15) is 15.3 Å². The third-order valence-corrected chi connectivity index (χ3v) is 6.73. The lowest BCUT2D eigenvalue weighted by Gasteiger charge is -2.47. The molecule has 0 unspecified atom stereocenters. The van der Waals surface area contributed by atoms with Gasteiger partial charge in [0.1, 0.15) is 0 Å². The van der Waals surface area contributed by atoms with Crippen molar-refractivity contribution in [1.29, 1.82) is 0 Å². The van der Waals surface area contributed by atoms with E-state index < -0.39 is 5.60 Å². The molecule has 2 aliphatic rings. The molecular weight excluding hydrogens is 336 g/mol. The quantitative estimate of drug-likeness (QED) is 0.384. The van der Waals surface area contributed by atoms with Gasteiger partial charge >= 0.3 is 0 Å². The maximum atomic E-state index is 11.7. The molecule has 0 aromatic heterocycles. The standard InChI is InChI=1S/C24H40O3/c1-6-7-8-9-18-13-22(26)23(24(27,14-18)17(4)5)21-12-19(15-25)10-11-20(21)16(2)3/h12-14,16-17,20-21,23,25-27H,6-11,15H2,1-5H3/t20-,21+,23+,24+/m0/s1. The van der Waals surface area contributed by atoms with E-state index in [4.69, 9.17) is 0 Å². The molecule has 0 spiro atoms. The molecule has 3 heteroatoms. The van der Waals surface area contributed by atoms with Gasteiger partial charge in [-0.15, -0.1) is 0 Å². The van der Waals surface area contributed by atoms with Gasteiger partial charge in [0, 0.05) is 0 Å². The van der Waals surface area contributed by atoms with Crippen LogP contribution in [0.25, 0.3) is 0 Å². The first-order valence-electron chi connectivity index (χ1n) is 10.9. The van der Waals surface area contributed by atoms with Crippen molar-refractivity contribution in [3.63, 3.8) is 0 Å². The van der Waals surface area contributed by atoms with Crippen LogP contribution in [0.15, 0.2) is 35.1 Å². The van der Waals surface area contributed by atoms with E-state index in [2.05, 4.69) is 26.8 Å². The van der Waals surface area contributed by atoms with E-state index in [1.165, 1.54) is 0 Å². The lowest BCUT2D eigenvalue weighted by Crippen LogP contribution is -2.49. The summed E-state index contributed by atoms with van der Waals surface area (Å²) in [7, 11) is 0. The molecule has 4 atom stereocenters. The highest BCUT2D eigenvalue weighted by Gasteiger charge is 2.49. The highest BCUT2D eigenvalue weighted by molar-refractivity contribution is 5.36. The Morgan fingerprint density at radius 2 is 1.89 bits per heavy atom. The number of hydrogen-bond donors (Lipinski definition) is 3. The van der Waals surface area contributed by atoms with Gasteiger partial charge in [0.15, 0.2) is 0 Å². The Labute approximate surface area is 165 Å². The highest BCUT2D eigenvalue weighted by atomic mass is 16.3. The lowest BCUT2D eigenvalue weighted by molar-refractivity contribution is -0.0473. The van der Waals surface area contributed by atoms with Gasteiger partial charge < -0.3 is 15.3 Å². The SMILES string of the molecule is CCCCCC1=C[C@@](O)(C(C)C)[C@H]([C@@H]2C=C(CO)CC[C@H]2C(C)C)C(O)=C1. The number of rotatable bonds is 8. The first-order valence-corrected chi connectivity index (χ1v) is 10.9. The van der Waals surface area contributed by atoms with Gasteiger partial charge in [-0.1, -0.05) is 53.5 Å². The second-order valence-electron chi connectivity index (χ2n) is 9.27. The second-order valence-corrected chi connectivity index (χ2v) is 9.27. The predicted octanol–water partition coefficient (Wildman–Crippen LogP) is 5.55. The molecular formula is C24H40O3. The third-order valence-electron chi connectivity index (χ3n) is 6.73. The molecule has 0 fully saturated rings. The van der Waals surface area contributed by atoms with Crippen molar-refractivity contribution >= 4 is 0 Å². The summed E-state index contributed by atoms with van der Waals surface area (Å²) < 4.78 is 0. The molecule has 0 amide bonds. The Hall–Kier alpha value is -1.06. The highest BCUT2D eigenvalue weighted by Crippen LogP contribution is 2.49. The van der Waals surface area contributed by atoms with Crippen LogP contribution in [-0.2, 0) is 0 Å². The molecule has 2 aliphatic carbocycles. The van der Waals surface area contributed by atoms with Crippen LogP contribution in [0.4, 0.5) is 0 Å². The van der Waals surface area contributed by atoms with E-state index >= 15 is 0 Å². The minimum atomic E-state index is -1.06. The van der Waals surface area contributed by atoms with Crippen LogP contribution in [0, 0.1) is 29.6 Å². The van der Waals surface area contributed by atoms with Crippen molar-refractivity contribution < 1.29 is 15.3 Å². The van der Waals surface area contributed by atoms with Crippen LogP contribution in [-0.4, -0.2) is 27.5 Å². The van der Waals surface area contributed by atoms with Crippen LogP contribution >= 0.6 is 0 Å². The molecule has 0 aromatic rings. The van der Waals surface area contributed by atoms with E-state index in [1.807, 2.05) is 26.0 Å². The number of hydrogen-bond acceptors (Lipinski definition) is 3. The summed E-state index contributed by atoms with van der Waals surface area (Å²) >= 11 is 0. The zero-order valence-corrected chi connectivity index (χ0v) is 17.9. The number of unbranched alkanes of at least 4 members (excludes halogenated alkanes) is 2. The van der Waals surface area contributed by atoms with Gasteiger partial charge in [-0.25, -0.2) is 0 Å². The Kier molecular flexibility index (Phi) is 7.76. The molecule has 0 heterocycles.